The van der Waals surface area contributed by atoms with Crippen molar-refractivity contribution in [2.45, 2.75) is 25.2 Å². The van der Waals surface area contributed by atoms with Crippen molar-refractivity contribution in [2.75, 3.05) is 44.3 Å². The number of benzene rings is 1. The van der Waals surface area contributed by atoms with E-state index in [4.69, 9.17) is 5.73 Å². The first kappa shape index (κ1) is 17.7. The van der Waals surface area contributed by atoms with Gasteiger partial charge in [0.05, 0.1) is 5.69 Å². The maximum atomic E-state index is 11.7. The van der Waals surface area contributed by atoms with E-state index in [9.17, 15) is 8.42 Å². The third-order valence-electron chi connectivity index (χ3n) is 3.31. The number of sulfonamides is 1. The number of nitrogen functional groups attached to an aromatic ring is 1. The van der Waals surface area contributed by atoms with E-state index in [1.807, 2.05) is 0 Å². The monoisotopic (exact) mass is 314 g/mol. The lowest BCUT2D eigenvalue weighted by atomic mass is 10.3. The molecular formula is C14H26N4O2S. The van der Waals surface area contributed by atoms with E-state index in [1.54, 1.807) is 12.1 Å². The van der Waals surface area contributed by atoms with Gasteiger partial charge < -0.3 is 16.0 Å². The minimum absolute atomic E-state index is 0.108. The number of likely N-dealkylation sites (N-methyl/N-ethyl adjacent to an activating group) is 1. The summed E-state index contributed by atoms with van der Waals surface area (Å²) in [6, 6.07) is 4.91. The minimum atomic E-state index is -3.50. The van der Waals surface area contributed by atoms with Crippen molar-refractivity contribution in [3.05, 3.63) is 18.2 Å². The summed E-state index contributed by atoms with van der Waals surface area (Å²) in [5, 5.41) is 3.27. The molecule has 1 rings (SSSR count). The van der Waals surface area contributed by atoms with Gasteiger partial charge >= 0.3 is 0 Å². The Morgan fingerprint density at radius 1 is 1.24 bits per heavy atom. The molecular weight excluding hydrogens is 288 g/mol. The average Bonchev–Trinajstić information content (AvgIpc) is 2.46. The molecule has 0 aliphatic heterocycles. The Morgan fingerprint density at radius 2 is 1.95 bits per heavy atom. The molecule has 21 heavy (non-hydrogen) atoms. The number of nitrogens with zero attached hydrogens (tertiary/aromatic N) is 1. The van der Waals surface area contributed by atoms with E-state index in [2.05, 4.69) is 28.8 Å². The van der Waals surface area contributed by atoms with Crippen molar-refractivity contribution in [1.82, 2.24) is 9.62 Å². The van der Waals surface area contributed by atoms with Crippen LogP contribution in [0, 0.1) is 0 Å². The molecule has 0 amide bonds. The van der Waals surface area contributed by atoms with E-state index in [1.165, 1.54) is 13.1 Å². The second-order valence-corrected chi connectivity index (χ2v) is 6.68. The maximum absolute atomic E-state index is 11.7. The molecule has 6 nitrogen and oxygen atoms in total. The Morgan fingerprint density at radius 3 is 2.48 bits per heavy atom. The van der Waals surface area contributed by atoms with Crippen LogP contribution in [0.1, 0.15) is 20.3 Å². The lowest BCUT2D eigenvalue weighted by Crippen LogP contribution is -2.29. The Bertz CT molecular complexity index is 546. The summed E-state index contributed by atoms with van der Waals surface area (Å²) in [4.78, 5) is 2.47. The van der Waals surface area contributed by atoms with Crippen molar-refractivity contribution in [2.24, 2.45) is 0 Å². The number of rotatable bonds is 9. The van der Waals surface area contributed by atoms with E-state index >= 15 is 0 Å². The zero-order valence-electron chi connectivity index (χ0n) is 13.0. The normalized spacial score (nSPS) is 11.8. The highest BCUT2D eigenvalue weighted by Crippen LogP contribution is 2.22. The van der Waals surface area contributed by atoms with Gasteiger partial charge in [-0.05, 0) is 44.8 Å². The molecule has 4 N–H and O–H groups in total. The fourth-order valence-corrected chi connectivity index (χ4v) is 2.95. The van der Waals surface area contributed by atoms with Gasteiger partial charge in [0, 0.05) is 18.8 Å². The average molecular weight is 314 g/mol. The molecule has 0 saturated heterocycles. The SMILES string of the molecule is CCCN(CC)CCNc1ccc(S(=O)(=O)NC)c(N)c1. The van der Waals surface area contributed by atoms with Crippen molar-refractivity contribution in [3.8, 4) is 0 Å². The highest BCUT2D eigenvalue weighted by Gasteiger charge is 2.15. The molecule has 0 heterocycles. The van der Waals surface area contributed by atoms with Crippen LogP contribution in [-0.2, 0) is 10.0 Å². The van der Waals surface area contributed by atoms with Gasteiger partial charge in [-0.25, -0.2) is 13.1 Å². The molecule has 0 radical (unpaired) electrons. The largest absolute Gasteiger partial charge is 0.398 e. The van der Waals surface area contributed by atoms with Crippen LogP contribution in [0.2, 0.25) is 0 Å². The summed E-state index contributed by atoms with van der Waals surface area (Å²) >= 11 is 0. The molecule has 1 aromatic carbocycles. The molecule has 0 aliphatic carbocycles. The predicted molar refractivity (Wildman–Crippen MR) is 88.0 cm³/mol. The molecule has 120 valence electrons. The van der Waals surface area contributed by atoms with Gasteiger partial charge in [-0.15, -0.1) is 0 Å². The van der Waals surface area contributed by atoms with Gasteiger partial charge in [0.2, 0.25) is 10.0 Å². The summed E-state index contributed by atoms with van der Waals surface area (Å²) in [5.41, 5.74) is 6.89. The van der Waals surface area contributed by atoms with Crippen LogP contribution in [0.5, 0.6) is 0 Å². The van der Waals surface area contributed by atoms with Gasteiger partial charge in [-0.1, -0.05) is 13.8 Å². The van der Waals surface area contributed by atoms with Crippen LogP contribution < -0.4 is 15.8 Å². The molecule has 0 saturated carbocycles. The highest BCUT2D eigenvalue weighted by molar-refractivity contribution is 7.89. The van der Waals surface area contributed by atoms with Crippen LogP contribution in [-0.4, -0.2) is 46.5 Å². The molecule has 7 heteroatoms. The van der Waals surface area contributed by atoms with Gasteiger partial charge in [0.15, 0.2) is 0 Å². The quantitative estimate of drug-likeness (QED) is 0.598. The molecule has 1 aromatic rings. The minimum Gasteiger partial charge on any atom is -0.398 e. The van der Waals surface area contributed by atoms with Crippen LogP contribution in [0.25, 0.3) is 0 Å². The molecule has 0 atom stereocenters. The third-order valence-corrected chi connectivity index (χ3v) is 4.80. The molecule has 0 bridgehead atoms. The Labute approximate surface area is 127 Å². The molecule has 0 spiro atoms. The highest BCUT2D eigenvalue weighted by atomic mass is 32.2. The Kier molecular flexibility index (Phi) is 6.94. The summed E-state index contributed by atoms with van der Waals surface area (Å²) in [7, 11) is -2.13. The lowest BCUT2D eigenvalue weighted by Gasteiger charge is -2.20. The first-order valence-corrected chi connectivity index (χ1v) is 8.72. The van der Waals surface area contributed by atoms with Gasteiger partial charge in [0.1, 0.15) is 4.90 Å². The summed E-state index contributed by atoms with van der Waals surface area (Å²) in [6.07, 6.45) is 1.14. The van der Waals surface area contributed by atoms with E-state index in [0.717, 1.165) is 38.3 Å². The number of hydrogen-bond acceptors (Lipinski definition) is 5. The zero-order valence-corrected chi connectivity index (χ0v) is 13.8. The Hall–Kier alpha value is -1.31. The number of nitrogens with two attached hydrogens (primary N) is 1. The summed E-state index contributed by atoms with van der Waals surface area (Å²) < 4.78 is 25.7. The smallest absolute Gasteiger partial charge is 0.242 e. The maximum Gasteiger partial charge on any atom is 0.242 e. The summed E-state index contributed by atoms with van der Waals surface area (Å²) in [6.45, 7) is 8.16. The first-order valence-electron chi connectivity index (χ1n) is 7.23. The zero-order chi connectivity index (χ0) is 15.9. The second-order valence-electron chi connectivity index (χ2n) is 4.82. The molecule has 0 aliphatic rings. The number of anilines is 2. The topological polar surface area (TPSA) is 87.5 Å². The Balaban J connectivity index is 2.64. The number of hydrogen-bond donors (Lipinski definition) is 3. The van der Waals surface area contributed by atoms with Gasteiger partial charge in [-0.2, -0.15) is 0 Å². The van der Waals surface area contributed by atoms with Crippen LogP contribution >= 0.6 is 0 Å². The van der Waals surface area contributed by atoms with Crippen molar-refractivity contribution in [3.63, 3.8) is 0 Å². The second kappa shape index (κ2) is 8.21. The van der Waals surface area contributed by atoms with Gasteiger partial charge in [-0.3, -0.25) is 0 Å². The van der Waals surface area contributed by atoms with E-state index in [-0.39, 0.29) is 10.6 Å². The van der Waals surface area contributed by atoms with Crippen LogP contribution in [0.15, 0.2) is 23.1 Å². The molecule has 0 aromatic heterocycles. The van der Waals surface area contributed by atoms with E-state index < -0.39 is 10.0 Å². The molecule has 0 fully saturated rings. The first-order chi connectivity index (χ1) is 9.94. The fraction of sp³-hybridized carbons (Fsp3) is 0.571. The van der Waals surface area contributed by atoms with Crippen LogP contribution in [0.4, 0.5) is 11.4 Å². The van der Waals surface area contributed by atoms with Crippen molar-refractivity contribution < 1.29 is 8.42 Å². The van der Waals surface area contributed by atoms with Crippen molar-refractivity contribution in [1.29, 1.82) is 0 Å². The standard InChI is InChI=1S/C14H26N4O2S/c1-4-9-18(5-2)10-8-17-12-6-7-14(13(15)11-12)21(19,20)16-3/h6-7,11,16-17H,4-5,8-10,15H2,1-3H3. The molecule has 0 unspecified atom stereocenters. The van der Waals surface area contributed by atoms with E-state index in [0.29, 0.717) is 0 Å². The van der Waals surface area contributed by atoms with Crippen LogP contribution in [0.3, 0.4) is 0 Å². The van der Waals surface area contributed by atoms with Gasteiger partial charge in [0.25, 0.3) is 0 Å². The predicted octanol–water partition coefficient (Wildman–Crippen LogP) is 1.32. The van der Waals surface area contributed by atoms with Crippen molar-refractivity contribution >= 4 is 21.4 Å². The lowest BCUT2D eigenvalue weighted by molar-refractivity contribution is 0.300. The third kappa shape index (κ3) is 5.18. The summed E-state index contributed by atoms with van der Waals surface area (Å²) in [5.74, 6) is 0. The fourth-order valence-electron chi connectivity index (χ4n) is 2.12. The number of nitrogens with one attached hydrogen (secondary N) is 2.